The summed E-state index contributed by atoms with van der Waals surface area (Å²) in [6, 6.07) is 7.99. The number of hydrogen-bond donors (Lipinski definition) is 0. The van der Waals surface area contributed by atoms with Crippen molar-refractivity contribution in [2.75, 3.05) is 38.2 Å². The number of nitrogens with zero attached hydrogens (tertiary/aromatic N) is 2. The predicted molar refractivity (Wildman–Crippen MR) is 94.2 cm³/mol. The summed E-state index contributed by atoms with van der Waals surface area (Å²) in [5.41, 5.74) is 0.994. The maximum Gasteiger partial charge on any atom is 0.227 e. The molecule has 0 unspecified atom stereocenters. The third-order valence-corrected chi connectivity index (χ3v) is 6.78. The topological polar surface area (TPSA) is 57.7 Å². The summed E-state index contributed by atoms with van der Waals surface area (Å²) in [7, 11) is -3.16. The zero-order valence-corrected chi connectivity index (χ0v) is 15.3. The van der Waals surface area contributed by atoms with E-state index in [1.165, 1.54) is 9.20 Å². The van der Waals surface area contributed by atoms with Crippen LogP contribution in [0.4, 0.5) is 0 Å². The van der Waals surface area contributed by atoms with Crippen molar-refractivity contribution in [2.24, 2.45) is 0 Å². The van der Waals surface area contributed by atoms with E-state index in [4.69, 9.17) is 0 Å². The molecule has 1 amide bonds. The number of hydrogen-bond acceptors (Lipinski definition) is 4. The number of carbonyl (C=O) groups is 1. The van der Waals surface area contributed by atoms with Gasteiger partial charge in [0.25, 0.3) is 0 Å². The van der Waals surface area contributed by atoms with E-state index in [1.807, 2.05) is 37.4 Å². The molecule has 2 rings (SSSR count). The summed E-state index contributed by atoms with van der Waals surface area (Å²) in [5, 5.41) is 0. The molecule has 0 radical (unpaired) electrons. The van der Waals surface area contributed by atoms with Gasteiger partial charge in [0.15, 0.2) is 0 Å². The van der Waals surface area contributed by atoms with E-state index in [-0.39, 0.29) is 11.7 Å². The largest absolute Gasteiger partial charge is 0.340 e. The first kappa shape index (κ1) is 18.3. The molecular formula is C16H24N2O3S2. The van der Waals surface area contributed by atoms with Crippen LogP contribution >= 0.6 is 11.8 Å². The molecule has 0 N–H and O–H groups in total. The first-order valence-electron chi connectivity index (χ1n) is 7.85. The third kappa shape index (κ3) is 4.96. The highest BCUT2D eigenvalue weighted by Gasteiger charge is 2.27. The van der Waals surface area contributed by atoms with Gasteiger partial charge in [0.1, 0.15) is 0 Å². The van der Waals surface area contributed by atoms with Gasteiger partial charge in [-0.05, 0) is 30.4 Å². The lowest BCUT2D eigenvalue weighted by Crippen LogP contribution is -2.51. The van der Waals surface area contributed by atoms with E-state index < -0.39 is 10.0 Å². The zero-order valence-electron chi connectivity index (χ0n) is 13.7. The molecule has 1 fully saturated rings. The predicted octanol–water partition coefficient (Wildman–Crippen LogP) is 1.83. The lowest BCUT2D eigenvalue weighted by molar-refractivity contribution is -0.131. The molecule has 128 valence electrons. The fourth-order valence-corrected chi connectivity index (χ4v) is 4.53. The minimum Gasteiger partial charge on any atom is -0.340 e. The summed E-state index contributed by atoms with van der Waals surface area (Å²) in [4.78, 5) is 15.3. The number of amides is 1. The van der Waals surface area contributed by atoms with Gasteiger partial charge in [-0.25, -0.2) is 8.42 Å². The van der Waals surface area contributed by atoms with Crippen LogP contribution in [-0.2, 0) is 21.2 Å². The zero-order chi connectivity index (χ0) is 16.9. The van der Waals surface area contributed by atoms with E-state index in [9.17, 15) is 13.2 Å². The van der Waals surface area contributed by atoms with Crippen molar-refractivity contribution in [3.05, 3.63) is 29.8 Å². The van der Waals surface area contributed by atoms with Crippen LogP contribution in [0, 0.1) is 0 Å². The Morgan fingerprint density at radius 3 is 2.26 bits per heavy atom. The quantitative estimate of drug-likeness (QED) is 0.730. The number of piperazine rings is 1. The summed E-state index contributed by atoms with van der Waals surface area (Å²) in [6.07, 6.45) is 3.01. The fourth-order valence-electron chi connectivity index (χ4n) is 2.63. The van der Waals surface area contributed by atoms with E-state index in [1.54, 1.807) is 16.7 Å². The summed E-state index contributed by atoms with van der Waals surface area (Å²) in [6.45, 7) is 3.62. The van der Waals surface area contributed by atoms with Crippen LogP contribution in [0.25, 0.3) is 0 Å². The second kappa shape index (κ2) is 8.17. The molecule has 1 aliphatic rings. The van der Waals surface area contributed by atoms with Gasteiger partial charge >= 0.3 is 0 Å². The highest BCUT2D eigenvalue weighted by atomic mass is 32.2. The molecular weight excluding hydrogens is 332 g/mol. The van der Waals surface area contributed by atoms with E-state index in [0.717, 1.165) is 5.56 Å². The molecule has 1 aliphatic heterocycles. The average molecular weight is 357 g/mol. The average Bonchev–Trinajstić information content (AvgIpc) is 2.55. The number of rotatable bonds is 6. The second-order valence-corrected chi connectivity index (χ2v) is 8.59. The summed E-state index contributed by atoms with van der Waals surface area (Å²) >= 11 is 1.67. The van der Waals surface area contributed by atoms with E-state index >= 15 is 0 Å². The maximum atomic E-state index is 12.4. The Balaban J connectivity index is 1.88. The highest BCUT2D eigenvalue weighted by Crippen LogP contribution is 2.16. The van der Waals surface area contributed by atoms with Gasteiger partial charge in [0, 0.05) is 31.1 Å². The Bertz CT molecular complexity index is 621. The monoisotopic (exact) mass is 356 g/mol. The molecule has 1 aromatic carbocycles. The Labute approximate surface area is 143 Å². The number of benzene rings is 1. The summed E-state index contributed by atoms with van der Waals surface area (Å²) < 4.78 is 25.6. The second-order valence-electron chi connectivity index (χ2n) is 5.62. The summed E-state index contributed by atoms with van der Waals surface area (Å²) in [5.74, 6) is 0.248. The van der Waals surface area contributed by atoms with Gasteiger partial charge < -0.3 is 4.90 Å². The van der Waals surface area contributed by atoms with Crippen molar-refractivity contribution < 1.29 is 13.2 Å². The normalized spacial score (nSPS) is 16.5. The molecule has 1 aromatic rings. The Hall–Kier alpha value is -1.05. The van der Waals surface area contributed by atoms with Crippen molar-refractivity contribution in [3.8, 4) is 0 Å². The van der Waals surface area contributed by atoms with Gasteiger partial charge in [-0.15, -0.1) is 11.8 Å². The first-order chi connectivity index (χ1) is 11.0. The van der Waals surface area contributed by atoms with Crippen molar-refractivity contribution in [1.29, 1.82) is 0 Å². The van der Waals surface area contributed by atoms with Gasteiger partial charge in [-0.1, -0.05) is 19.1 Å². The SMILES string of the molecule is CCCS(=O)(=O)N1CCN(C(=O)Cc2ccc(SC)cc2)CC1. The first-order valence-corrected chi connectivity index (χ1v) is 10.7. The lowest BCUT2D eigenvalue weighted by atomic mass is 10.1. The molecule has 7 heteroatoms. The molecule has 5 nitrogen and oxygen atoms in total. The Kier molecular flexibility index (Phi) is 6.50. The molecule has 1 saturated heterocycles. The molecule has 0 aliphatic carbocycles. The van der Waals surface area contributed by atoms with Gasteiger partial charge in [0.05, 0.1) is 12.2 Å². The van der Waals surface area contributed by atoms with Gasteiger partial charge in [0.2, 0.25) is 15.9 Å². The van der Waals surface area contributed by atoms with Crippen molar-refractivity contribution in [3.63, 3.8) is 0 Å². The van der Waals surface area contributed by atoms with Crippen LogP contribution < -0.4 is 0 Å². The van der Waals surface area contributed by atoms with Crippen LogP contribution in [0.2, 0.25) is 0 Å². The van der Waals surface area contributed by atoms with Crippen LogP contribution in [-0.4, -0.2) is 61.7 Å². The van der Waals surface area contributed by atoms with Crippen LogP contribution in [0.1, 0.15) is 18.9 Å². The third-order valence-electron chi connectivity index (χ3n) is 3.96. The van der Waals surface area contributed by atoms with Gasteiger partial charge in [-0.3, -0.25) is 4.79 Å². The molecule has 0 aromatic heterocycles. The van der Waals surface area contributed by atoms with Crippen molar-refractivity contribution >= 4 is 27.7 Å². The molecule has 0 spiro atoms. The minimum absolute atomic E-state index is 0.0643. The van der Waals surface area contributed by atoms with Gasteiger partial charge in [-0.2, -0.15) is 4.31 Å². The van der Waals surface area contributed by atoms with Crippen LogP contribution in [0.5, 0.6) is 0 Å². The molecule has 0 saturated carbocycles. The highest BCUT2D eigenvalue weighted by molar-refractivity contribution is 7.98. The van der Waals surface area contributed by atoms with Crippen molar-refractivity contribution in [1.82, 2.24) is 9.21 Å². The fraction of sp³-hybridized carbons (Fsp3) is 0.562. The van der Waals surface area contributed by atoms with E-state index in [2.05, 4.69) is 0 Å². The minimum atomic E-state index is -3.16. The molecule has 1 heterocycles. The lowest BCUT2D eigenvalue weighted by Gasteiger charge is -2.34. The molecule has 0 bridgehead atoms. The number of sulfonamides is 1. The van der Waals surface area contributed by atoms with Crippen LogP contribution in [0.3, 0.4) is 0 Å². The molecule has 23 heavy (non-hydrogen) atoms. The van der Waals surface area contributed by atoms with E-state index in [0.29, 0.717) is 39.0 Å². The number of carbonyl (C=O) groups excluding carboxylic acids is 1. The standard InChI is InChI=1S/C16H24N2O3S2/c1-3-12-23(20,21)18-10-8-17(9-11-18)16(19)13-14-4-6-15(22-2)7-5-14/h4-7H,3,8-13H2,1-2H3. The smallest absolute Gasteiger partial charge is 0.227 e. The van der Waals surface area contributed by atoms with Crippen molar-refractivity contribution in [2.45, 2.75) is 24.7 Å². The maximum absolute atomic E-state index is 12.4. The number of thioether (sulfide) groups is 1. The molecule has 0 atom stereocenters. The Morgan fingerprint density at radius 1 is 1.13 bits per heavy atom. The Morgan fingerprint density at radius 2 is 1.74 bits per heavy atom. The van der Waals surface area contributed by atoms with Crippen LogP contribution in [0.15, 0.2) is 29.2 Å².